The summed E-state index contributed by atoms with van der Waals surface area (Å²) in [4.78, 5) is 11.4. The van der Waals surface area contributed by atoms with Crippen molar-refractivity contribution >= 4 is 5.97 Å². The fourth-order valence-electron chi connectivity index (χ4n) is 0.986. The Labute approximate surface area is 93.1 Å². The van der Waals surface area contributed by atoms with Gasteiger partial charge in [-0.3, -0.25) is 4.79 Å². The zero-order valence-corrected chi connectivity index (χ0v) is 10.6. The van der Waals surface area contributed by atoms with Gasteiger partial charge in [-0.15, -0.1) is 0 Å². The summed E-state index contributed by atoms with van der Waals surface area (Å²) in [6.07, 6.45) is 0.469. The Hall–Kier alpha value is -0.570. The van der Waals surface area contributed by atoms with Crippen molar-refractivity contribution in [1.29, 1.82) is 0 Å². The van der Waals surface area contributed by atoms with Crippen LogP contribution in [0.2, 0.25) is 0 Å². The predicted octanol–water partition coefficient (Wildman–Crippen LogP) is 2.64. The Kier molecular flexibility index (Phi) is 6.57. The van der Waals surface area contributed by atoms with Gasteiger partial charge in [0.2, 0.25) is 0 Å². The van der Waals surface area contributed by atoms with Crippen molar-refractivity contribution in [3.8, 4) is 0 Å². The molecule has 0 unspecified atom stereocenters. The van der Waals surface area contributed by atoms with Crippen LogP contribution in [-0.4, -0.2) is 25.8 Å². The Morgan fingerprint density at radius 2 is 1.87 bits per heavy atom. The standard InChI is InChI=1S/C12H24O3/c1-6-14-7-8-15-11(13)9-12(4,5)10(2)3/h10H,6-9H2,1-5H3. The van der Waals surface area contributed by atoms with Crippen LogP contribution in [0, 0.1) is 11.3 Å². The zero-order valence-electron chi connectivity index (χ0n) is 10.6. The first-order valence-electron chi connectivity index (χ1n) is 5.63. The molecule has 15 heavy (non-hydrogen) atoms. The molecule has 90 valence electrons. The van der Waals surface area contributed by atoms with Gasteiger partial charge in [-0.25, -0.2) is 0 Å². The lowest BCUT2D eigenvalue weighted by atomic mass is 9.78. The summed E-state index contributed by atoms with van der Waals surface area (Å²) in [6.45, 7) is 11.8. The molecule has 3 heteroatoms. The van der Waals surface area contributed by atoms with Gasteiger partial charge < -0.3 is 9.47 Å². The maximum absolute atomic E-state index is 11.4. The van der Waals surface area contributed by atoms with Crippen LogP contribution >= 0.6 is 0 Å². The molecule has 0 radical (unpaired) electrons. The lowest BCUT2D eigenvalue weighted by Gasteiger charge is -2.27. The van der Waals surface area contributed by atoms with E-state index in [1.54, 1.807) is 0 Å². The van der Waals surface area contributed by atoms with Gasteiger partial charge in [-0.05, 0) is 18.3 Å². The first-order chi connectivity index (χ1) is 6.90. The highest BCUT2D eigenvalue weighted by Gasteiger charge is 2.26. The first-order valence-corrected chi connectivity index (χ1v) is 5.63. The van der Waals surface area contributed by atoms with Gasteiger partial charge in [0, 0.05) is 6.61 Å². The van der Waals surface area contributed by atoms with Crippen molar-refractivity contribution in [3.05, 3.63) is 0 Å². The van der Waals surface area contributed by atoms with Crippen LogP contribution in [0.4, 0.5) is 0 Å². The molecule has 0 fully saturated rings. The number of hydrogen-bond acceptors (Lipinski definition) is 3. The molecule has 0 bridgehead atoms. The second kappa shape index (κ2) is 6.83. The smallest absolute Gasteiger partial charge is 0.306 e. The van der Waals surface area contributed by atoms with E-state index in [0.717, 1.165) is 0 Å². The van der Waals surface area contributed by atoms with Crippen LogP contribution in [0.15, 0.2) is 0 Å². The second-order valence-electron chi connectivity index (χ2n) is 4.74. The van der Waals surface area contributed by atoms with E-state index in [1.165, 1.54) is 0 Å². The highest BCUT2D eigenvalue weighted by Crippen LogP contribution is 2.30. The molecule has 0 aromatic rings. The number of rotatable bonds is 7. The molecule has 0 saturated heterocycles. The third-order valence-corrected chi connectivity index (χ3v) is 2.86. The minimum atomic E-state index is -0.131. The molecule has 0 amide bonds. The molecule has 0 N–H and O–H groups in total. The van der Waals surface area contributed by atoms with E-state index in [4.69, 9.17) is 9.47 Å². The lowest BCUT2D eigenvalue weighted by molar-refractivity contribution is -0.148. The average Bonchev–Trinajstić information content (AvgIpc) is 2.11. The third kappa shape index (κ3) is 6.50. The molecular weight excluding hydrogens is 192 g/mol. The van der Waals surface area contributed by atoms with Crippen LogP contribution < -0.4 is 0 Å². The Bertz CT molecular complexity index is 185. The lowest BCUT2D eigenvalue weighted by Crippen LogP contribution is -2.25. The summed E-state index contributed by atoms with van der Waals surface area (Å²) in [6, 6.07) is 0. The first kappa shape index (κ1) is 14.4. The fraction of sp³-hybridized carbons (Fsp3) is 0.917. The van der Waals surface area contributed by atoms with Gasteiger partial charge in [-0.2, -0.15) is 0 Å². The van der Waals surface area contributed by atoms with Crippen LogP contribution in [-0.2, 0) is 14.3 Å². The second-order valence-corrected chi connectivity index (χ2v) is 4.74. The highest BCUT2D eigenvalue weighted by atomic mass is 16.6. The maximum Gasteiger partial charge on any atom is 0.306 e. The fourth-order valence-corrected chi connectivity index (χ4v) is 0.986. The number of hydrogen-bond donors (Lipinski definition) is 0. The summed E-state index contributed by atoms with van der Waals surface area (Å²) in [5, 5.41) is 0. The quantitative estimate of drug-likeness (QED) is 0.485. The molecule has 0 heterocycles. The molecule has 0 aromatic heterocycles. The molecule has 0 aliphatic heterocycles. The largest absolute Gasteiger partial charge is 0.463 e. The molecular formula is C12H24O3. The average molecular weight is 216 g/mol. The molecule has 0 spiro atoms. The van der Waals surface area contributed by atoms with Crippen molar-refractivity contribution < 1.29 is 14.3 Å². The summed E-state index contributed by atoms with van der Waals surface area (Å²) in [5.74, 6) is 0.338. The van der Waals surface area contributed by atoms with E-state index in [-0.39, 0.29) is 11.4 Å². The topological polar surface area (TPSA) is 35.5 Å². The summed E-state index contributed by atoms with van der Waals surface area (Å²) in [7, 11) is 0. The number of carbonyl (C=O) groups excluding carboxylic acids is 1. The van der Waals surface area contributed by atoms with Crippen molar-refractivity contribution in [1.82, 2.24) is 0 Å². The summed E-state index contributed by atoms with van der Waals surface area (Å²) in [5.41, 5.74) is 0.00268. The van der Waals surface area contributed by atoms with Gasteiger partial charge >= 0.3 is 5.97 Å². The van der Waals surface area contributed by atoms with Gasteiger partial charge in [0.1, 0.15) is 6.61 Å². The summed E-state index contributed by atoms with van der Waals surface area (Å²) < 4.78 is 10.2. The molecule has 0 aliphatic rings. The maximum atomic E-state index is 11.4. The Morgan fingerprint density at radius 3 is 2.33 bits per heavy atom. The molecule has 3 nitrogen and oxygen atoms in total. The van der Waals surface area contributed by atoms with Gasteiger partial charge in [0.25, 0.3) is 0 Å². The molecule has 0 atom stereocenters. The monoisotopic (exact) mass is 216 g/mol. The van der Waals surface area contributed by atoms with Crippen LogP contribution in [0.1, 0.15) is 41.0 Å². The molecule has 0 aliphatic carbocycles. The highest BCUT2D eigenvalue weighted by molar-refractivity contribution is 5.70. The minimum Gasteiger partial charge on any atom is -0.463 e. The Balaban J connectivity index is 3.74. The number of ether oxygens (including phenoxy) is 2. The van der Waals surface area contributed by atoms with Crippen LogP contribution in [0.5, 0.6) is 0 Å². The molecule has 0 aromatic carbocycles. The van der Waals surface area contributed by atoms with E-state index in [9.17, 15) is 4.79 Å². The van der Waals surface area contributed by atoms with Gasteiger partial charge in [-0.1, -0.05) is 27.7 Å². The molecule has 0 saturated carbocycles. The van der Waals surface area contributed by atoms with E-state index >= 15 is 0 Å². The van der Waals surface area contributed by atoms with E-state index < -0.39 is 0 Å². The normalized spacial score (nSPS) is 11.9. The van der Waals surface area contributed by atoms with Crippen molar-refractivity contribution in [3.63, 3.8) is 0 Å². The SMILES string of the molecule is CCOCCOC(=O)CC(C)(C)C(C)C. The Morgan fingerprint density at radius 1 is 1.27 bits per heavy atom. The zero-order chi connectivity index (χ0) is 11.9. The van der Waals surface area contributed by atoms with E-state index in [2.05, 4.69) is 27.7 Å². The summed E-state index contributed by atoms with van der Waals surface area (Å²) >= 11 is 0. The minimum absolute atomic E-state index is 0.00268. The van der Waals surface area contributed by atoms with E-state index in [0.29, 0.717) is 32.2 Å². The van der Waals surface area contributed by atoms with Crippen molar-refractivity contribution in [2.75, 3.05) is 19.8 Å². The van der Waals surface area contributed by atoms with Crippen molar-refractivity contribution in [2.24, 2.45) is 11.3 Å². The molecule has 0 rings (SSSR count). The number of esters is 1. The van der Waals surface area contributed by atoms with Crippen LogP contribution in [0.3, 0.4) is 0 Å². The van der Waals surface area contributed by atoms with E-state index in [1.807, 2.05) is 6.92 Å². The third-order valence-electron chi connectivity index (χ3n) is 2.86. The van der Waals surface area contributed by atoms with Crippen molar-refractivity contribution in [2.45, 2.75) is 41.0 Å². The number of carbonyl (C=O) groups is 1. The van der Waals surface area contributed by atoms with Crippen LogP contribution in [0.25, 0.3) is 0 Å². The predicted molar refractivity (Wildman–Crippen MR) is 60.7 cm³/mol. The van der Waals surface area contributed by atoms with Gasteiger partial charge in [0.15, 0.2) is 0 Å². The van der Waals surface area contributed by atoms with Gasteiger partial charge in [0.05, 0.1) is 13.0 Å².